The maximum absolute atomic E-state index is 14.4. The van der Waals surface area contributed by atoms with E-state index in [4.69, 9.17) is 10.2 Å². The summed E-state index contributed by atoms with van der Waals surface area (Å²) in [5.41, 5.74) is 1.48. The molecule has 4 fully saturated rings. The summed E-state index contributed by atoms with van der Waals surface area (Å²) in [7, 11) is 3.27. The van der Waals surface area contributed by atoms with Crippen molar-refractivity contribution < 1.29 is 14.4 Å². The summed E-state index contributed by atoms with van der Waals surface area (Å²) < 4.78 is 0. The van der Waals surface area contributed by atoms with Crippen molar-refractivity contribution in [1.82, 2.24) is 5.06 Å². The van der Waals surface area contributed by atoms with Gasteiger partial charge in [0.15, 0.2) is 5.78 Å². The summed E-state index contributed by atoms with van der Waals surface area (Å²) in [5, 5.41) is 10.1. The van der Waals surface area contributed by atoms with Gasteiger partial charge in [-0.15, -0.1) is 0 Å². The van der Waals surface area contributed by atoms with E-state index in [1.807, 2.05) is 0 Å². The molecule has 5 rings (SSSR count). The number of fused-ring (bicyclic) bond motifs is 7. The third kappa shape index (κ3) is 3.34. The molecular weight excluding hydrogens is 460 g/mol. The third-order valence-electron chi connectivity index (χ3n) is 13.5. The van der Waals surface area contributed by atoms with E-state index >= 15 is 0 Å². The first-order chi connectivity index (χ1) is 17.0. The second-order valence-electron chi connectivity index (χ2n) is 15.4. The van der Waals surface area contributed by atoms with E-state index in [1.165, 1.54) is 10.6 Å². The smallest absolute Gasteiger partial charge is 0.251 e. The van der Waals surface area contributed by atoms with Gasteiger partial charge in [0.25, 0.3) is 5.91 Å². The second kappa shape index (κ2) is 8.02. The molecule has 0 bridgehead atoms. The lowest BCUT2D eigenvalue weighted by atomic mass is 9.33. The van der Waals surface area contributed by atoms with Crippen molar-refractivity contribution in [2.45, 2.75) is 106 Å². The highest BCUT2D eigenvalue weighted by molar-refractivity contribution is 5.96. The van der Waals surface area contributed by atoms with Gasteiger partial charge in [0, 0.05) is 29.5 Å². The minimum atomic E-state index is -0.480. The van der Waals surface area contributed by atoms with Crippen molar-refractivity contribution >= 4 is 17.4 Å². The van der Waals surface area contributed by atoms with Gasteiger partial charge in [-0.25, -0.2) is 5.06 Å². The number of amides is 1. The summed E-state index contributed by atoms with van der Waals surface area (Å²) in [6.07, 6.45) is 10.9. The Morgan fingerprint density at radius 2 is 1.65 bits per heavy atom. The molecule has 0 saturated heterocycles. The van der Waals surface area contributed by atoms with Crippen LogP contribution in [0, 0.1) is 55.7 Å². The number of hydrogen-bond acceptors (Lipinski definition) is 4. The van der Waals surface area contributed by atoms with Gasteiger partial charge >= 0.3 is 0 Å². The molecule has 1 unspecified atom stereocenters. The Bertz CT molecular complexity index is 1080. The molecule has 0 aromatic carbocycles. The maximum Gasteiger partial charge on any atom is 0.251 e. The van der Waals surface area contributed by atoms with Crippen LogP contribution in [0.2, 0.25) is 0 Å². The number of carbonyl (C=O) groups is 2. The normalized spacial score (nSPS) is 48.7. The number of rotatable bonds is 2. The van der Waals surface area contributed by atoms with Crippen molar-refractivity contribution in [2.24, 2.45) is 50.2 Å². The Morgan fingerprint density at radius 1 is 1.00 bits per heavy atom. The zero-order valence-corrected chi connectivity index (χ0v) is 24.8. The molecule has 4 saturated carbocycles. The van der Waals surface area contributed by atoms with Crippen LogP contribution in [0.3, 0.4) is 0 Å². The molecule has 0 aromatic heterocycles. The van der Waals surface area contributed by atoms with E-state index in [9.17, 15) is 9.59 Å². The molecule has 37 heavy (non-hydrogen) atoms. The van der Waals surface area contributed by atoms with Gasteiger partial charge in [-0.05, 0) is 97.4 Å². The van der Waals surface area contributed by atoms with Crippen molar-refractivity contribution in [2.75, 3.05) is 14.2 Å². The van der Waals surface area contributed by atoms with Crippen LogP contribution in [0.15, 0.2) is 11.6 Å². The topological polar surface area (TPSA) is 70.5 Å². The predicted molar refractivity (Wildman–Crippen MR) is 147 cm³/mol. The van der Waals surface area contributed by atoms with Crippen LogP contribution in [0.1, 0.15) is 106 Å². The van der Waals surface area contributed by atoms with Crippen LogP contribution < -0.4 is 0 Å². The molecule has 1 N–H and O–H groups in total. The SMILES string of the molecule is CON(C)C(=O)[C@@]1(C)CC[C@]2(C)CC[C@]3(C)C(=CC(=O)[C@@H]4[C@@]5(C)CCC(=N)C(C)(C)C5CC[C@]43C)[C@@H]2C1. The minimum absolute atomic E-state index is 0.000428. The van der Waals surface area contributed by atoms with Gasteiger partial charge in [-0.1, -0.05) is 54.0 Å². The van der Waals surface area contributed by atoms with E-state index < -0.39 is 5.41 Å². The van der Waals surface area contributed by atoms with E-state index in [2.05, 4.69) is 54.5 Å². The summed E-state index contributed by atoms with van der Waals surface area (Å²) in [5.74, 6) is 0.984. The number of ketones is 1. The summed E-state index contributed by atoms with van der Waals surface area (Å²) in [6, 6.07) is 0. The van der Waals surface area contributed by atoms with Gasteiger partial charge < -0.3 is 5.41 Å². The quantitative estimate of drug-likeness (QED) is 0.406. The molecule has 5 heteroatoms. The fourth-order valence-corrected chi connectivity index (χ4v) is 10.7. The van der Waals surface area contributed by atoms with Gasteiger partial charge in [-0.2, -0.15) is 0 Å². The zero-order chi connectivity index (χ0) is 27.4. The molecule has 0 aromatic rings. The largest absolute Gasteiger partial charge is 0.309 e. The second-order valence-corrected chi connectivity index (χ2v) is 15.4. The molecule has 1 amide bonds. The molecule has 5 aliphatic rings. The van der Waals surface area contributed by atoms with E-state index in [-0.39, 0.29) is 44.8 Å². The summed E-state index contributed by atoms with van der Waals surface area (Å²) in [6.45, 7) is 16.3. The van der Waals surface area contributed by atoms with E-state index in [0.717, 1.165) is 63.5 Å². The highest BCUT2D eigenvalue weighted by Crippen LogP contribution is 2.74. The number of carbonyl (C=O) groups excluding carboxylic acids is 2. The molecule has 0 radical (unpaired) electrons. The molecule has 0 aliphatic heterocycles. The molecule has 0 heterocycles. The van der Waals surface area contributed by atoms with Crippen molar-refractivity contribution in [3.8, 4) is 0 Å². The van der Waals surface area contributed by atoms with E-state index in [1.54, 1.807) is 14.2 Å². The predicted octanol–water partition coefficient (Wildman–Crippen LogP) is 7.01. The van der Waals surface area contributed by atoms with Crippen molar-refractivity contribution in [1.29, 1.82) is 5.41 Å². The van der Waals surface area contributed by atoms with Gasteiger partial charge in [0.2, 0.25) is 0 Å². The van der Waals surface area contributed by atoms with Gasteiger partial charge in [0.05, 0.1) is 7.11 Å². The first-order valence-corrected chi connectivity index (χ1v) is 14.7. The Hall–Kier alpha value is -1.49. The van der Waals surface area contributed by atoms with Gasteiger partial charge in [0.1, 0.15) is 0 Å². The first-order valence-electron chi connectivity index (χ1n) is 14.7. The summed E-state index contributed by atoms with van der Waals surface area (Å²) in [4.78, 5) is 33.1. The lowest BCUT2D eigenvalue weighted by Crippen LogP contribution is -2.66. The average Bonchev–Trinajstić information content (AvgIpc) is 2.83. The molecule has 5 nitrogen and oxygen atoms in total. The van der Waals surface area contributed by atoms with E-state index in [0.29, 0.717) is 11.7 Å². The van der Waals surface area contributed by atoms with Crippen LogP contribution in [-0.2, 0) is 14.4 Å². The number of nitrogens with one attached hydrogen (secondary N) is 1. The average molecular weight is 511 g/mol. The number of hydroxylamine groups is 2. The molecule has 8 atom stereocenters. The molecule has 5 aliphatic carbocycles. The van der Waals surface area contributed by atoms with Crippen LogP contribution in [0.4, 0.5) is 0 Å². The van der Waals surface area contributed by atoms with Crippen LogP contribution in [-0.4, -0.2) is 36.6 Å². The van der Waals surface area contributed by atoms with Crippen LogP contribution >= 0.6 is 0 Å². The number of allylic oxidation sites excluding steroid dienone is 2. The molecular formula is C32H50N2O3. The Balaban J connectivity index is 1.59. The highest BCUT2D eigenvalue weighted by atomic mass is 16.7. The third-order valence-corrected chi connectivity index (χ3v) is 13.5. The van der Waals surface area contributed by atoms with Crippen molar-refractivity contribution in [3.63, 3.8) is 0 Å². The fraction of sp³-hybridized carbons (Fsp3) is 0.844. The minimum Gasteiger partial charge on any atom is -0.309 e. The highest BCUT2D eigenvalue weighted by Gasteiger charge is 2.70. The monoisotopic (exact) mass is 510 g/mol. The van der Waals surface area contributed by atoms with Gasteiger partial charge in [-0.3, -0.25) is 14.4 Å². The molecule has 0 spiro atoms. The molecule has 206 valence electrons. The van der Waals surface area contributed by atoms with Crippen molar-refractivity contribution in [3.05, 3.63) is 11.6 Å². The lowest BCUT2D eigenvalue weighted by Gasteiger charge is -2.70. The maximum atomic E-state index is 14.4. The summed E-state index contributed by atoms with van der Waals surface area (Å²) >= 11 is 0. The Morgan fingerprint density at radius 3 is 2.30 bits per heavy atom. The van der Waals surface area contributed by atoms with Crippen LogP contribution in [0.5, 0.6) is 0 Å². The number of nitrogens with zero attached hydrogens (tertiary/aromatic N) is 1. The van der Waals surface area contributed by atoms with Crippen LogP contribution in [0.25, 0.3) is 0 Å². The fourth-order valence-electron chi connectivity index (χ4n) is 10.7. The lowest BCUT2D eigenvalue weighted by molar-refractivity contribution is -0.188. The standard InChI is InChI=1S/C32H50N2O3/c1-27(2)23-10-13-32(7)25(30(23,5)12-11-24(27)33)22(35)18-20-21-19-29(4,26(36)34(8)37-9)15-14-28(21,3)16-17-31(20,32)6/h18,21,23,25,33H,10-17,19H2,1-9H3/t21-,23?,25+,28+,29-,30-,31+,32+/m0/s1. The Kier molecular flexibility index (Phi) is 5.87. The number of hydrogen-bond donors (Lipinski definition) is 1. The first kappa shape index (κ1) is 27.1. The zero-order valence-electron chi connectivity index (χ0n) is 24.8. The Labute approximate surface area is 224 Å².